The van der Waals surface area contributed by atoms with E-state index in [1.807, 2.05) is 31.0 Å². The monoisotopic (exact) mass is 286 g/mol. The highest BCUT2D eigenvalue weighted by Gasteiger charge is 2.25. The molecule has 0 aromatic carbocycles. The number of carbonyl (C=O) groups excluding carboxylic acids is 1. The molecule has 3 nitrogen and oxygen atoms in total. The van der Waals surface area contributed by atoms with Crippen molar-refractivity contribution in [1.29, 1.82) is 0 Å². The van der Waals surface area contributed by atoms with Gasteiger partial charge in [-0.15, -0.1) is 11.3 Å². The Hall–Kier alpha value is -0.580. The first-order valence-corrected chi connectivity index (χ1v) is 7.50. The highest BCUT2D eigenvalue weighted by Crippen LogP contribution is 2.23. The van der Waals surface area contributed by atoms with Crippen LogP contribution in [0.25, 0.3) is 0 Å². The average Bonchev–Trinajstić information content (AvgIpc) is 2.98. The van der Waals surface area contributed by atoms with Crippen LogP contribution in [0.5, 0.6) is 0 Å². The zero-order chi connectivity index (χ0) is 13.1. The Bertz CT molecular complexity index is 415. The molecular weight excluding hydrogens is 268 g/mol. The van der Waals surface area contributed by atoms with Gasteiger partial charge in [0, 0.05) is 24.5 Å². The first-order valence-electron chi connectivity index (χ1n) is 6.31. The molecule has 1 aromatic rings. The van der Waals surface area contributed by atoms with E-state index in [4.69, 9.17) is 11.6 Å². The fraction of sp³-hybridized carbons (Fsp3) is 0.615. The maximum Gasteiger partial charge on any atom is 0.239 e. The summed E-state index contributed by atoms with van der Waals surface area (Å²) in [5, 5.41) is 0. The molecule has 1 unspecified atom stereocenters. The van der Waals surface area contributed by atoms with Crippen molar-refractivity contribution < 1.29 is 4.79 Å². The summed E-state index contributed by atoms with van der Waals surface area (Å²) >= 11 is 7.49. The number of halogens is 1. The van der Waals surface area contributed by atoms with Crippen LogP contribution < -0.4 is 0 Å². The first-order chi connectivity index (χ1) is 8.58. The van der Waals surface area contributed by atoms with Crippen LogP contribution in [0.4, 0.5) is 0 Å². The number of nitrogens with zero attached hydrogens (tertiary/aromatic N) is 2. The summed E-state index contributed by atoms with van der Waals surface area (Å²) in [7, 11) is 1.99. The third-order valence-electron chi connectivity index (χ3n) is 3.47. The highest BCUT2D eigenvalue weighted by molar-refractivity contribution is 7.16. The molecular formula is C13H19ClN2OS. The molecule has 0 aliphatic carbocycles. The van der Waals surface area contributed by atoms with Crippen LogP contribution in [0.15, 0.2) is 12.1 Å². The summed E-state index contributed by atoms with van der Waals surface area (Å²) in [6.45, 7) is 4.59. The minimum Gasteiger partial charge on any atom is -0.341 e. The van der Waals surface area contributed by atoms with Gasteiger partial charge in [0.25, 0.3) is 0 Å². The van der Waals surface area contributed by atoms with Gasteiger partial charge in [-0.3, -0.25) is 9.69 Å². The molecule has 18 heavy (non-hydrogen) atoms. The minimum atomic E-state index is -0.0658. The molecule has 5 heteroatoms. The lowest BCUT2D eigenvalue weighted by Crippen LogP contribution is -2.44. The second-order valence-electron chi connectivity index (χ2n) is 4.83. The van der Waals surface area contributed by atoms with E-state index in [9.17, 15) is 4.79 Å². The molecule has 0 N–H and O–H groups in total. The van der Waals surface area contributed by atoms with Crippen molar-refractivity contribution in [2.75, 3.05) is 20.1 Å². The number of carbonyl (C=O) groups is 1. The van der Waals surface area contributed by atoms with Crippen molar-refractivity contribution in [2.45, 2.75) is 32.4 Å². The van der Waals surface area contributed by atoms with Crippen LogP contribution in [0.1, 0.15) is 24.6 Å². The number of rotatable bonds is 4. The lowest BCUT2D eigenvalue weighted by molar-refractivity contribution is -0.135. The van der Waals surface area contributed by atoms with Crippen LogP contribution in [-0.4, -0.2) is 41.9 Å². The number of likely N-dealkylation sites (tertiary alicyclic amines) is 1. The SMILES string of the molecule is CC(C(=O)N1CCCC1)N(C)Cc1ccc(Cl)s1. The van der Waals surface area contributed by atoms with E-state index in [0.29, 0.717) is 0 Å². The average molecular weight is 287 g/mol. The molecule has 100 valence electrons. The Morgan fingerprint density at radius 1 is 1.50 bits per heavy atom. The molecule has 0 saturated carbocycles. The zero-order valence-electron chi connectivity index (χ0n) is 10.9. The first kappa shape index (κ1) is 13.8. The van der Waals surface area contributed by atoms with Gasteiger partial charge in [0.15, 0.2) is 0 Å². The molecule has 1 amide bonds. The number of thiophene rings is 1. The van der Waals surface area contributed by atoms with Gasteiger partial charge in [0.05, 0.1) is 10.4 Å². The van der Waals surface area contributed by atoms with Crippen molar-refractivity contribution in [2.24, 2.45) is 0 Å². The molecule has 0 spiro atoms. The van der Waals surface area contributed by atoms with Crippen molar-refractivity contribution in [1.82, 2.24) is 9.80 Å². The standard InChI is InChI=1S/C13H19ClN2OS/c1-10(13(17)16-7-3-4-8-16)15(2)9-11-5-6-12(14)18-11/h5-6,10H,3-4,7-9H2,1-2H3. The number of amides is 1. The fourth-order valence-corrected chi connectivity index (χ4v) is 3.36. The summed E-state index contributed by atoms with van der Waals surface area (Å²) in [5.41, 5.74) is 0. The molecule has 0 bridgehead atoms. The number of hydrogen-bond donors (Lipinski definition) is 0. The van der Waals surface area contributed by atoms with E-state index in [0.717, 1.165) is 36.8 Å². The minimum absolute atomic E-state index is 0.0658. The predicted octanol–water partition coefficient (Wildman–Crippen LogP) is 2.84. The van der Waals surface area contributed by atoms with Crippen LogP contribution in [0.2, 0.25) is 4.34 Å². The van der Waals surface area contributed by atoms with E-state index in [1.54, 1.807) is 11.3 Å². The summed E-state index contributed by atoms with van der Waals surface area (Å²) < 4.78 is 0.803. The topological polar surface area (TPSA) is 23.6 Å². The van der Waals surface area contributed by atoms with E-state index in [-0.39, 0.29) is 11.9 Å². The van der Waals surface area contributed by atoms with Gasteiger partial charge in [-0.1, -0.05) is 11.6 Å². The van der Waals surface area contributed by atoms with Crippen molar-refractivity contribution in [3.8, 4) is 0 Å². The van der Waals surface area contributed by atoms with Crippen LogP contribution in [0.3, 0.4) is 0 Å². The summed E-state index contributed by atoms with van der Waals surface area (Å²) in [6.07, 6.45) is 2.28. The highest BCUT2D eigenvalue weighted by atomic mass is 35.5. The zero-order valence-corrected chi connectivity index (χ0v) is 12.4. The lowest BCUT2D eigenvalue weighted by atomic mass is 10.2. The maximum absolute atomic E-state index is 12.2. The Labute approximate surface area is 117 Å². The summed E-state index contributed by atoms with van der Waals surface area (Å²) in [5.74, 6) is 0.248. The van der Waals surface area contributed by atoms with Crippen molar-refractivity contribution in [3.05, 3.63) is 21.3 Å². The third-order valence-corrected chi connectivity index (χ3v) is 4.69. The van der Waals surface area contributed by atoms with Crippen LogP contribution in [0, 0.1) is 0 Å². The Balaban J connectivity index is 1.91. The number of likely N-dealkylation sites (N-methyl/N-ethyl adjacent to an activating group) is 1. The molecule has 1 fully saturated rings. The third kappa shape index (κ3) is 3.25. The van der Waals surface area contributed by atoms with E-state index < -0.39 is 0 Å². The van der Waals surface area contributed by atoms with Gasteiger partial charge in [-0.25, -0.2) is 0 Å². The van der Waals surface area contributed by atoms with Gasteiger partial charge in [0.1, 0.15) is 0 Å². The van der Waals surface area contributed by atoms with Gasteiger partial charge in [-0.2, -0.15) is 0 Å². The van der Waals surface area contributed by atoms with Gasteiger partial charge in [0.2, 0.25) is 5.91 Å². The quantitative estimate of drug-likeness (QED) is 0.850. The smallest absolute Gasteiger partial charge is 0.239 e. The molecule has 2 heterocycles. The van der Waals surface area contributed by atoms with Crippen LogP contribution in [-0.2, 0) is 11.3 Å². The number of hydrogen-bond acceptors (Lipinski definition) is 3. The molecule has 1 aromatic heterocycles. The fourth-order valence-electron chi connectivity index (χ4n) is 2.21. The largest absolute Gasteiger partial charge is 0.341 e. The van der Waals surface area contributed by atoms with E-state index >= 15 is 0 Å². The second-order valence-corrected chi connectivity index (χ2v) is 6.63. The maximum atomic E-state index is 12.2. The second kappa shape index (κ2) is 6.04. The van der Waals surface area contributed by atoms with E-state index in [1.165, 1.54) is 4.88 Å². The summed E-state index contributed by atoms with van der Waals surface area (Å²) in [4.78, 5) is 17.5. The molecule has 2 rings (SSSR count). The molecule has 0 radical (unpaired) electrons. The van der Waals surface area contributed by atoms with Crippen LogP contribution >= 0.6 is 22.9 Å². The molecule has 1 aliphatic rings. The normalized spacial score (nSPS) is 17.4. The van der Waals surface area contributed by atoms with E-state index in [2.05, 4.69) is 4.90 Å². The van der Waals surface area contributed by atoms with Gasteiger partial charge in [-0.05, 0) is 38.9 Å². The molecule has 1 saturated heterocycles. The Morgan fingerprint density at radius 3 is 2.72 bits per heavy atom. The van der Waals surface area contributed by atoms with Crippen molar-refractivity contribution >= 4 is 28.8 Å². The van der Waals surface area contributed by atoms with Gasteiger partial charge >= 0.3 is 0 Å². The van der Waals surface area contributed by atoms with Gasteiger partial charge < -0.3 is 4.90 Å². The Morgan fingerprint density at radius 2 is 2.17 bits per heavy atom. The Kier molecular flexibility index (Phi) is 4.65. The summed E-state index contributed by atoms with van der Waals surface area (Å²) in [6, 6.07) is 3.86. The lowest BCUT2D eigenvalue weighted by Gasteiger charge is -2.27. The molecule has 1 atom stereocenters. The molecule has 1 aliphatic heterocycles. The predicted molar refractivity (Wildman–Crippen MR) is 76.1 cm³/mol. The van der Waals surface area contributed by atoms with Crippen molar-refractivity contribution in [3.63, 3.8) is 0 Å².